The molecule has 3 aromatic rings. The molecular formula is C26H27N3O5. The highest BCUT2D eigenvalue weighted by atomic mass is 16.5. The highest BCUT2D eigenvalue weighted by Crippen LogP contribution is 2.32. The first kappa shape index (κ1) is 23.1. The summed E-state index contributed by atoms with van der Waals surface area (Å²) in [5.41, 5.74) is 3.22. The van der Waals surface area contributed by atoms with Crippen molar-refractivity contribution < 1.29 is 23.8 Å². The van der Waals surface area contributed by atoms with Crippen LogP contribution in [0.15, 0.2) is 70.4 Å². The number of nitrogens with zero attached hydrogens (tertiary/aromatic N) is 2. The highest BCUT2D eigenvalue weighted by molar-refractivity contribution is 6.03. The maximum absolute atomic E-state index is 12.2. The number of aldehydes is 1. The molecule has 0 radical (unpaired) electrons. The van der Waals surface area contributed by atoms with Crippen LogP contribution in [0.5, 0.6) is 11.5 Å². The molecule has 1 amide bonds. The largest absolute Gasteiger partial charge is 0.504 e. The number of phenols is 1. The number of hydrogen-bond donors (Lipinski definition) is 2. The number of nitrogens with one attached hydrogen (secondary N) is 1. The van der Waals surface area contributed by atoms with E-state index in [1.54, 1.807) is 41.4 Å². The maximum Gasteiger partial charge on any atom is 0.291 e. The minimum absolute atomic E-state index is 0.0498. The molecule has 0 aliphatic carbocycles. The minimum atomic E-state index is -0.348. The molecule has 2 atom stereocenters. The lowest BCUT2D eigenvalue weighted by Crippen LogP contribution is -2.41. The number of furan rings is 1. The fourth-order valence-corrected chi connectivity index (χ4v) is 4.08. The molecule has 0 saturated heterocycles. The number of benzene rings is 2. The number of ether oxygens (including phenoxy) is 1. The maximum atomic E-state index is 12.2. The third-order valence-corrected chi connectivity index (χ3v) is 5.96. The summed E-state index contributed by atoms with van der Waals surface area (Å²) in [6.45, 7) is 2.49. The second kappa shape index (κ2) is 10.2. The number of amides is 1. The number of aromatic hydroxyl groups is 1. The van der Waals surface area contributed by atoms with Crippen LogP contribution in [0.25, 0.3) is 0 Å². The van der Waals surface area contributed by atoms with Gasteiger partial charge in [0.2, 0.25) is 0 Å². The van der Waals surface area contributed by atoms with Gasteiger partial charge in [-0.1, -0.05) is 19.1 Å². The molecule has 2 unspecified atom stereocenters. The summed E-state index contributed by atoms with van der Waals surface area (Å²) in [4.78, 5) is 24.0. The molecule has 4 rings (SSSR count). The van der Waals surface area contributed by atoms with Gasteiger partial charge in [-0.15, -0.1) is 0 Å². The molecule has 0 bridgehead atoms. The van der Waals surface area contributed by atoms with Crippen molar-refractivity contribution in [2.24, 2.45) is 11.0 Å². The van der Waals surface area contributed by atoms with Crippen molar-refractivity contribution in [3.8, 4) is 11.5 Å². The van der Waals surface area contributed by atoms with Crippen molar-refractivity contribution in [1.29, 1.82) is 0 Å². The van der Waals surface area contributed by atoms with Crippen LogP contribution in [0, 0.1) is 5.92 Å². The SMILES string of the molecule is CCC1CC(C=O)N(Cc2ccc(NC(=O)c3ccco3)cc2)N=C1c1ccc(OC)c(O)c1. The monoisotopic (exact) mass is 461 g/mol. The summed E-state index contributed by atoms with van der Waals surface area (Å²) < 4.78 is 10.3. The summed E-state index contributed by atoms with van der Waals surface area (Å²) >= 11 is 0. The first-order valence-corrected chi connectivity index (χ1v) is 11.1. The fourth-order valence-electron chi connectivity index (χ4n) is 4.08. The summed E-state index contributed by atoms with van der Waals surface area (Å²) in [5, 5.41) is 19.7. The Kier molecular flexibility index (Phi) is 6.96. The van der Waals surface area contributed by atoms with Gasteiger partial charge < -0.3 is 24.4 Å². The van der Waals surface area contributed by atoms with Gasteiger partial charge in [0.15, 0.2) is 17.3 Å². The molecule has 176 valence electrons. The number of rotatable bonds is 8. The minimum Gasteiger partial charge on any atom is -0.504 e. The predicted octanol–water partition coefficient (Wildman–Crippen LogP) is 4.45. The van der Waals surface area contributed by atoms with Gasteiger partial charge in [-0.3, -0.25) is 9.80 Å². The summed E-state index contributed by atoms with van der Waals surface area (Å²) in [6, 6.07) is 15.5. The van der Waals surface area contributed by atoms with Crippen LogP contribution in [-0.2, 0) is 11.3 Å². The molecule has 2 heterocycles. The highest BCUT2D eigenvalue weighted by Gasteiger charge is 2.31. The fraction of sp³-hybridized carbons (Fsp3) is 0.269. The number of anilines is 1. The first-order chi connectivity index (χ1) is 16.5. The molecule has 0 spiro atoms. The van der Waals surface area contributed by atoms with Gasteiger partial charge in [-0.05, 0) is 60.9 Å². The average molecular weight is 462 g/mol. The molecule has 1 aliphatic rings. The summed E-state index contributed by atoms with van der Waals surface area (Å²) in [6.07, 6.45) is 3.86. The first-order valence-electron chi connectivity index (χ1n) is 11.1. The van der Waals surface area contributed by atoms with Crippen LogP contribution >= 0.6 is 0 Å². The third kappa shape index (κ3) is 4.96. The van der Waals surface area contributed by atoms with E-state index in [1.807, 2.05) is 18.2 Å². The van der Waals surface area contributed by atoms with E-state index in [0.29, 0.717) is 24.4 Å². The van der Waals surface area contributed by atoms with Crippen LogP contribution in [-0.4, -0.2) is 41.2 Å². The van der Waals surface area contributed by atoms with Crippen LogP contribution in [0.3, 0.4) is 0 Å². The lowest BCUT2D eigenvalue weighted by molar-refractivity contribution is -0.113. The molecule has 2 N–H and O–H groups in total. The van der Waals surface area contributed by atoms with Crippen molar-refractivity contribution in [1.82, 2.24) is 5.01 Å². The lowest BCUT2D eigenvalue weighted by atomic mass is 9.87. The van der Waals surface area contributed by atoms with Crippen LogP contribution in [0.4, 0.5) is 5.69 Å². The van der Waals surface area contributed by atoms with E-state index in [0.717, 1.165) is 29.5 Å². The predicted molar refractivity (Wildman–Crippen MR) is 128 cm³/mol. The number of phenolic OH excluding ortho intramolecular Hbond substituents is 1. The zero-order valence-corrected chi connectivity index (χ0v) is 19.1. The number of methoxy groups -OCH3 is 1. The molecule has 2 aromatic carbocycles. The second-order valence-corrected chi connectivity index (χ2v) is 8.14. The van der Waals surface area contributed by atoms with Crippen molar-refractivity contribution in [2.75, 3.05) is 12.4 Å². The smallest absolute Gasteiger partial charge is 0.291 e. The van der Waals surface area contributed by atoms with Crippen LogP contribution < -0.4 is 10.1 Å². The Balaban J connectivity index is 1.54. The van der Waals surface area contributed by atoms with E-state index in [-0.39, 0.29) is 29.4 Å². The average Bonchev–Trinajstić information content (AvgIpc) is 3.40. The van der Waals surface area contributed by atoms with Crippen LogP contribution in [0.1, 0.15) is 41.4 Å². The zero-order chi connectivity index (χ0) is 24.1. The van der Waals surface area contributed by atoms with E-state index in [4.69, 9.17) is 14.3 Å². The normalized spacial score (nSPS) is 17.7. The van der Waals surface area contributed by atoms with Gasteiger partial charge in [0, 0.05) is 17.2 Å². The van der Waals surface area contributed by atoms with E-state index in [2.05, 4.69) is 12.2 Å². The Bertz CT molecular complexity index is 1170. The molecule has 8 nitrogen and oxygen atoms in total. The number of hydrazone groups is 1. The Morgan fingerprint density at radius 2 is 2.06 bits per heavy atom. The van der Waals surface area contributed by atoms with Crippen LogP contribution in [0.2, 0.25) is 0 Å². The van der Waals surface area contributed by atoms with Gasteiger partial charge in [0.1, 0.15) is 12.3 Å². The topological polar surface area (TPSA) is 104 Å². The van der Waals surface area contributed by atoms with E-state index < -0.39 is 0 Å². The van der Waals surface area contributed by atoms with Crippen molar-refractivity contribution in [3.05, 3.63) is 77.7 Å². The molecule has 0 fully saturated rings. The number of carbonyl (C=O) groups excluding carboxylic acids is 2. The van der Waals surface area contributed by atoms with E-state index in [1.165, 1.54) is 13.4 Å². The van der Waals surface area contributed by atoms with Gasteiger partial charge in [-0.25, -0.2) is 0 Å². The third-order valence-electron chi connectivity index (χ3n) is 5.96. The van der Waals surface area contributed by atoms with Gasteiger partial charge in [-0.2, -0.15) is 5.10 Å². The Morgan fingerprint density at radius 3 is 2.68 bits per heavy atom. The second-order valence-electron chi connectivity index (χ2n) is 8.14. The summed E-state index contributed by atoms with van der Waals surface area (Å²) in [7, 11) is 1.51. The molecule has 0 saturated carbocycles. The van der Waals surface area contributed by atoms with Crippen molar-refractivity contribution >= 4 is 23.6 Å². The van der Waals surface area contributed by atoms with Crippen molar-refractivity contribution in [2.45, 2.75) is 32.4 Å². The Hall–Kier alpha value is -4.07. The van der Waals surface area contributed by atoms with Gasteiger partial charge in [0.05, 0.1) is 25.6 Å². The lowest BCUT2D eigenvalue weighted by Gasteiger charge is -2.35. The summed E-state index contributed by atoms with van der Waals surface area (Å²) in [5.74, 6) is 0.461. The Morgan fingerprint density at radius 1 is 1.26 bits per heavy atom. The molecular weight excluding hydrogens is 434 g/mol. The van der Waals surface area contributed by atoms with E-state index in [9.17, 15) is 14.7 Å². The molecule has 1 aliphatic heterocycles. The number of hydrogen-bond acceptors (Lipinski definition) is 7. The van der Waals surface area contributed by atoms with E-state index >= 15 is 0 Å². The standard InChI is InChI=1S/C26H27N3O5/c1-3-18-13-21(16-30)29(28-25(18)19-8-11-23(33-2)22(31)14-19)15-17-6-9-20(10-7-17)27-26(32)24-5-4-12-34-24/h4-12,14,16,18,21,31H,3,13,15H2,1-2H3,(H,27,32). The number of carbonyl (C=O) groups is 2. The zero-order valence-electron chi connectivity index (χ0n) is 19.1. The Labute approximate surface area is 197 Å². The van der Waals surface area contributed by atoms with Gasteiger partial charge in [0.25, 0.3) is 5.91 Å². The van der Waals surface area contributed by atoms with Crippen molar-refractivity contribution in [3.63, 3.8) is 0 Å². The molecule has 8 heteroatoms. The molecule has 34 heavy (non-hydrogen) atoms. The quantitative estimate of drug-likeness (QED) is 0.480. The van der Waals surface area contributed by atoms with Gasteiger partial charge >= 0.3 is 0 Å². The molecule has 1 aromatic heterocycles.